The van der Waals surface area contributed by atoms with Gasteiger partial charge < -0.3 is 18.9 Å². The van der Waals surface area contributed by atoms with Crippen LogP contribution in [0.1, 0.15) is 10.4 Å². The molecular weight excluding hydrogens is 380 g/mol. The fourth-order valence-electron chi connectivity index (χ4n) is 1.85. The standard InChI is InChI=1S/C17H15BrO6/c1-21-15-8-11(17(20)22-2)6-7-14(15)24-16(19)10-23-13-5-3-4-12(18)9-13/h3-9H,10H2,1-2H3. The first-order chi connectivity index (χ1) is 11.5. The van der Waals surface area contributed by atoms with Crippen molar-refractivity contribution in [1.82, 2.24) is 0 Å². The summed E-state index contributed by atoms with van der Waals surface area (Å²) in [4.78, 5) is 23.4. The van der Waals surface area contributed by atoms with E-state index in [1.165, 1.54) is 32.4 Å². The van der Waals surface area contributed by atoms with Gasteiger partial charge in [0, 0.05) is 4.47 Å². The monoisotopic (exact) mass is 394 g/mol. The molecular formula is C17H15BrO6. The second-order valence-electron chi connectivity index (χ2n) is 4.58. The number of carbonyl (C=O) groups is 2. The number of hydrogen-bond acceptors (Lipinski definition) is 6. The van der Waals surface area contributed by atoms with Crippen molar-refractivity contribution in [1.29, 1.82) is 0 Å². The van der Waals surface area contributed by atoms with Crippen LogP contribution in [0.25, 0.3) is 0 Å². The maximum absolute atomic E-state index is 11.9. The molecule has 0 radical (unpaired) electrons. The summed E-state index contributed by atoms with van der Waals surface area (Å²) in [7, 11) is 2.69. The molecule has 0 bridgehead atoms. The molecule has 0 aliphatic rings. The van der Waals surface area contributed by atoms with Crippen LogP contribution in [0.5, 0.6) is 17.2 Å². The first-order valence-corrected chi connectivity index (χ1v) is 7.68. The molecule has 2 rings (SSSR count). The van der Waals surface area contributed by atoms with Crippen molar-refractivity contribution >= 4 is 27.9 Å². The Morgan fingerprint density at radius 3 is 2.50 bits per heavy atom. The van der Waals surface area contributed by atoms with Gasteiger partial charge in [0.15, 0.2) is 18.1 Å². The van der Waals surface area contributed by atoms with Gasteiger partial charge in [0.1, 0.15) is 5.75 Å². The lowest BCUT2D eigenvalue weighted by Crippen LogP contribution is -2.18. The van der Waals surface area contributed by atoms with Gasteiger partial charge in [0.05, 0.1) is 19.8 Å². The lowest BCUT2D eigenvalue weighted by atomic mass is 10.2. The van der Waals surface area contributed by atoms with Crippen LogP contribution in [0.3, 0.4) is 0 Å². The van der Waals surface area contributed by atoms with Crippen molar-refractivity contribution in [3.63, 3.8) is 0 Å². The predicted molar refractivity (Wildman–Crippen MR) is 89.6 cm³/mol. The fraction of sp³-hybridized carbons (Fsp3) is 0.176. The van der Waals surface area contributed by atoms with Crippen LogP contribution in [0.4, 0.5) is 0 Å². The number of halogens is 1. The number of benzene rings is 2. The number of carbonyl (C=O) groups excluding carboxylic acids is 2. The second kappa shape index (κ2) is 8.35. The van der Waals surface area contributed by atoms with E-state index in [0.717, 1.165) is 4.47 Å². The van der Waals surface area contributed by atoms with Gasteiger partial charge in [0.2, 0.25) is 0 Å². The van der Waals surface area contributed by atoms with E-state index in [4.69, 9.17) is 14.2 Å². The van der Waals surface area contributed by atoms with Crippen molar-refractivity contribution < 1.29 is 28.5 Å². The summed E-state index contributed by atoms with van der Waals surface area (Å²) in [6.45, 7) is -0.266. The van der Waals surface area contributed by atoms with Crippen molar-refractivity contribution in [2.24, 2.45) is 0 Å². The van der Waals surface area contributed by atoms with Gasteiger partial charge in [-0.1, -0.05) is 22.0 Å². The molecule has 24 heavy (non-hydrogen) atoms. The third kappa shape index (κ3) is 4.73. The molecule has 6 nitrogen and oxygen atoms in total. The van der Waals surface area contributed by atoms with Crippen LogP contribution in [0.15, 0.2) is 46.9 Å². The third-order valence-electron chi connectivity index (χ3n) is 2.96. The predicted octanol–water partition coefficient (Wildman–Crippen LogP) is 3.23. The van der Waals surface area contributed by atoms with Crippen molar-refractivity contribution in [2.45, 2.75) is 0 Å². The zero-order valence-corrected chi connectivity index (χ0v) is 14.7. The molecule has 0 atom stereocenters. The van der Waals surface area contributed by atoms with E-state index < -0.39 is 11.9 Å². The highest BCUT2D eigenvalue weighted by molar-refractivity contribution is 9.10. The van der Waals surface area contributed by atoms with Crippen molar-refractivity contribution in [3.05, 3.63) is 52.5 Å². The van der Waals surface area contributed by atoms with Crippen LogP contribution in [0, 0.1) is 0 Å². The Kier molecular flexibility index (Phi) is 6.20. The first-order valence-electron chi connectivity index (χ1n) is 6.89. The quantitative estimate of drug-likeness (QED) is 0.553. The Balaban J connectivity index is 2.01. The molecule has 0 fully saturated rings. The Bertz CT molecular complexity index is 744. The summed E-state index contributed by atoms with van der Waals surface area (Å²) < 4.78 is 21.2. The summed E-state index contributed by atoms with van der Waals surface area (Å²) in [5, 5.41) is 0. The molecule has 2 aromatic rings. The molecule has 0 saturated heterocycles. The molecule has 0 spiro atoms. The topological polar surface area (TPSA) is 71.1 Å². The molecule has 0 aromatic heterocycles. The molecule has 126 valence electrons. The van der Waals surface area contributed by atoms with E-state index in [1.807, 2.05) is 6.07 Å². The first kappa shape index (κ1) is 17.8. The van der Waals surface area contributed by atoms with Gasteiger partial charge in [-0.25, -0.2) is 9.59 Å². The zero-order valence-electron chi connectivity index (χ0n) is 13.1. The maximum atomic E-state index is 11.9. The number of ether oxygens (including phenoxy) is 4. The van der Waals surface area contributed by atoms with E-state index in [9.17, 15) is 9.59 Å². The molecule has 7 heteroatoms. The average Bonchev–Trinajstić information content (AvgIpc) is 2.59. The summed E-state index contributed by atoms with van der Waals surface area (Å²) in [6, 6.07) is 11.5. The van der Waals surface area contributed by atoms with E-state index in [1.54, 1.807) is 18.2 Å². The minimum absolute atomic E-state index is 0.188. The average molecular weight is 395 g/mol. The molecule has 0 heterocycles. The van der Waals surface area contributed by atoms with Crippen molar-refractivity contribution in [2.75, 3.05) is 20.8 Å². The van der Waals surface area contributed by atoms with Crippen LogP contribution in [-0.4, -0.2) is 32.8 Å². The van der Waals surface area contributed by atoms with E-state index >= 15 is 0 Å². The van der Waals surface area contributed by atoms with Gasteiger partial charge in [-0.05, 0) is 36.4 Å². The molecule has 0 saturated carbocycles. The molecule has 0 unspecified atom stereocenters. The molecule has 0 amide bonds. The highest BCUT2D eigenvalue weighted by atomic mass is 79.9. The molecule has 0 aliphatic carbocycles. The second-order valence-corrected chi connectivity index (χ2v) is 5.49. The normalized spacial score (nSPS) is 9.96. The Morgan fingerprint density at radius 1 is 1.04 bits per heavy atom. The van der Waals surface area contributed by atoms with Crippen LogP contribution in [-0.2, 0) is 9.53 Å². The maximum Gasteiger partial charge on any atom is 0.349 e. The van der Waals surface area contributed by atoms with Crippen LogP contribution >= 0.6 is 15.9 Å². The molecule has 2 aromatic carbocycles. The third-order valence-corrected chi connectivity index (χ3v) is 3.45. The number of rotatable bonds is 6. The Labute approximate surface area is 147 Å². The smallest absolute Gasteiger partial charge is 0.349 e. The van der Waals surface area contributed by atoms with Gasteiger partial charge in [-0.3, -0.25) is 0 Å². The minimum Gasteiger partial charge on any atom is -0.493 e. The lowest BCUT2D eigenvalue weighted by Gasteiger charge is -2.11. The SMILES string of the molecule is COC(=O)c1ccc(OC(=O)COc2cccc(Br)c2)c(OC)c1. The molecule has 0 N–H and O–H groups in total. The van der Waals surface area contributed by atoms with E-state index in [-0.39, 0.29) is 18.1 Å². The van der Waals surface area contributed by atoms with E-state index in [2.05, 4.69) is 20.7 Å². The van der Waals surface area contributed by atoms with Gasteiger partial charge in [-0.15, -0.1) is 0 Å². The number of hydrogen-bond donors (Lipinski definition) is 0. The Hall–Kier alpha value is -2.54. The number of esters is 2. The zero-order chi connectivity index (χ0) is 17.5. The highest BCUT2D eigenvalue weighted by Gasteiger charge is 2.14. The number of methoxy groups -OCH3 is 2. The molecule has 0 aliphatic heterocycles. The summed E-state index contributed by atoms with van der Waals surface area (Å²) in [5.41, 5.74) is 0.291. The lowest BCUT2D eigenvalue weighted by molar-refractivity contribution is -0.136. The van der Waals surface area contributed by atoms with Gasteiger partial charge in [0.25, 0.3) is 0 Å². The van der Waals surface area contributed by atoms with E-state index in [0.29, 0.717) is 11.3 Å². The Morgan fingerprint density at radius 2 is 1.83 bits per heavy atom. The van der Waals surface area contributed by atoms with Gasteiger partial charge in [-0.2, -0.15) is 0 Å². The largest absolute Gasteiger partial charge is 0.493 e. The van der Waals surface area contributed by atoms with Crippen molar-refractivity contribution in [3.8, 4) is 17.2 Å². The highest BCUT2D eigenvalue weighted by Crippen LogP contribution is 2.28. The summed E-state index contributed by atoms with van der Waals surface area (Å²) in [5.74, 6) is -0.140. The van der Waals surface area contributed by atoms with Crippen LogP contribution < -0.4 is 14.2 Å². The summed E-state index contributed by atoms with van der Waals surface area (Å²) in [6.07, 6.45) is 0. The fourth-order valence-corrected chi connectivity index (χ4v) is 2.23. The van der Waals surface area contributed by atoms with Crippen LogP contribution in [0.2, 0.25) is 0 Å². The summed E-state index contributed by atoms with van der Waals surface area (Å²) >= 11 is 3.32. The van der Waals surface area contributed by atoms with Gasteiger partial charge >= 0.3 is 11.9 Å². The minimum atomic E-state index is -0.598.